The van der Waals surface area contributed by atoms with Crippen molar-refractivity contribution < 1.29 is 9.53 Å². The molecule has 0 N–H and O–H groups in total. The number of carbonyl (C=O) groups excluding carboxylic acids is 1. The summed E-state index contributed by atoms with van der Waals surface area (Å²) in [4.78, 5) is 21.7. The van der Waals surface area contributed by atoms with Gasteiger partial charge < -0.3 is 4.74 Å². The zero-order valence-electron chi connectivity index (χ0n) is 16.1. The fourth-order valence-electron chi connectivity index (χ4n) is 3.12. The first-order valence-electron chi connectivity index (χ1n) is 9.09. The van der Waals surface area contributed by atoms with Crippen LogP contribution in [0, 0.1) is 13.8 Å². The monoisotopic (exact) mass is 368 g/mol. The van der Waals surface area contributed by atoms with Gasteiger partial charge in [-0.15, -0.1) is 0 Å². The number of ether oxygens (including phenoxy) is 1. The zero-order chi connectivity index (χ0) is 19.7. The lowest BCUT2D eigenvalue weighted by Gasteiger charge is -2.12. The summed E-state index contributed by atoms with van der Waals surface area (Å²) in [5, 5.41) is 0. The van der Waals surface area contributed by atoms with Crippen molar-refractivity contribution in [3.8, 4) is 22.5 Å². The molecule has 0 atom stereocenters. The van der Waals surface area contributed by atoms with Gasteiger partial charge in [-0.05, 0) is 32.0 Å². The molecule has 4 heteroatoms. The highest BCUT2D eigenvalue weighted by molar-refractivity contribution is 5.95. The van der Waals surface area contributed by atoms with E-state index in [1.807, 2.05) is 18.2 Å². The van der Waals surface area contributed by atoms with Gasteiger partial charge in [0, 0.05) is 11.1 Å². The van der Waals surface area contributed by atoms with Crippen molar-refractivity contribution in [1.29, 1.82) is 0 Å². The lowest BCUT2D eigenvalue weighted by molar-refractivity contribution is 0.0601. The van der Waals surface area contributed by atoms with Crippen LogP contribution in [0.1, 0.15) is 21.5 Å². The van der Waals surface area contributed by atoms with E-state index in [4.69, 9.17) is 14.7 Å². The van der Waals surface area contributed by atoms with Crippen molar-refractivity contribution in [2.24, 2.45) is 0 Å². The van der Waals surface area contributed by atoms with Crippen LogP contribution in [0.15, 0.2) is 66.7 Å². The molecule has 0 radical (unpaired) electrons. The Balaban J connectivity index is 1.97. The number of aryl methyl sites for hydroxylation is 2. The van der Waals surface area contributed by atoms with Crippen LogP contribution >= 0.6 is 0 Å². The lowest BCUT2D eigenvalue weighted by Crippen LogP contribution is -2.02. The Morgan fingerprint density at radius 1 is 0.714 bits per heavy atom. The molecule has 0 aliphatic carbocycles. The van der Waals surface area contributed by atoms with Gasteiger partial charge in [0.1, 0.15) is 0 Å². The van der Waals surface area contributed by atoms with E-state index in [0.717, 1.165) is 28.0 Å². The molecular formula is C24H20N2O2. The molecule has 4 aromatic rings. The van der Waals surface area contributed by atoms with Crippen LogP contribution in [0.2, 0.25) is 0 Å². The van der Waals surface area contributed by atoms with Crippen LogP contribution < -0.4 is 0 Å². The van der Waals surface area contributed by atoms with Crippen LogP contribution in [-0.2, 0) is 4.74 Å². The third-order valence-corrected chi connectivity index (χ3v) is 4.74. The molecule has 0 unspecified atom stereocenters. The summed E-state index contributed by atoms with van der Waals surface area (Å²) >= 11 is 0. The van der Waals surface area contributed by atoms with Crippen molar-refractivity contribution >= 4 is 17.0 Å². The highest BCUT2D eigenvalue weighted by Gasteiger charge is 2.15. The Morgan fingerprint density at radius 3 is 1.71 bits per heavy atom. The molecule has 1 heterocycles. The van der Waals surface area contributed by atoms with Crippen LogP contribution in [0.3, 0.4) is 0 Å². The molecule has 4 nitrogen and oxygen atoms in total. The Bertz CT molecular complexity index is 1160. The first-order valence-corrected chi connectivity index (χ1v) is 9.09. The van der Waals surface area contributed by atoms with Crippen molar-refractivity contribution in [3.63, 3.8) is 0 Å². The first kappa shape index (κ1) is 17.9. The molecule has 0 aliphatic rings. The third kappa shape index (κ3) is 3.37. The molecule has 0 bridgehead atoms. The van der Waals surface area contributed by atoms with E-state index in [0.29, 0.717) is 11.1 Å². The third-order valence-electron chi connectivity index (χ3n) is 4.74. The van der Waals surface area contributed by atoms with Crippen molar-refractivity contribution in [3.05, 3.63) is 83.4 Å². The number of carbonyl (C=O) groups is 1. The molecule has 0 saturated carbocycles. The van der Waals surface area contributed by atoms with Crippen molar-refractivity contribution in [2.45, 2.75) is 13.8 Å². The van der Waals surface area contributed by atoms with Gasteiger partial charge in [-0.1, -0.05) is 59.7 Å². The fourth-order valence-corrected chi connectivity index (χ4v) is 3.12. The number of hydrogen-bond donors (Lipinski definition) is 0. The van der Waals surface area contributed by atoms with Gasteiger partial charge >= 0.3 is 5.97 Å². The van der Waals surface area contributed by atoms with Crippen molar-refractivity contribution in [1.82, 2.24) is 9.97 Å². The summed E-state index contributed by atoms with van der Waals surface area (Å²) in [5.74, 6) is -0.386. The number of hydrogen-bond acceptors (Lipinski definition) is 4. The van der Waals surface area contributed by atoms with Gasteiger partial charge in [-0.2, -0.15) is 0 Å². The van der Waals surface area contributed by atoms with E-state index in [9.17, 15) is 4.79 Å². The summed E-state index contributed by atoms with van der Waals surface area (Å²) in [6.45, 7) is 4.12. The van der Waals surface area contributed by atoms with Crippen LogP contribution in [-0.4, -0.2) is 23.0 Å². The van der Waals surface area contributed by atoms with E-state index in [1.165, 1.54) is 18.2 Å². The maximum Gasteiger partial charge on any atom is 0.337 e. The average Bonchev–Trinajstić information content (AvgIpc) is 2.73. The standard InChI is InChI=1S/C24H20N2O2/c1-15-4-8-17(9-5-15)22-23(18-10-6-16(2)7-11-18)26-21-14-19(24(27)28-3)12-13-20(21)25-22/h4-14H,1-3H3. The molecule has 3 aromatic carbocycles. The van der Waals surface area contributed by atoms with Crippen molar-refractivity contribution in [2.75, 3.05) is 7.11 Å². The van der Waals surface area contributed by atoms with Crippen LogP contribution in [0.4, 0.5) is 0 Å². The normalized spacial score (nSPS) is 10.8. The first-order chi connectivity index (χ1) is 13.5. The molecule has 0 amide bonds. The second-order valence-electron chi connectivity index (χ2n) is 6.85. The van der Waals surface area contributed by atoms with E-state index in [1.54, 1.807) is 12.1 Å². The van der Waals surface area contributed by atoms with E-state index in [2.05, 4.69) is 50.2 Å². The summed E-state index contributed by atoms with van der Waals surface area (Å²) in [7, 11) is 1.37. The van der Waals surface area contributed by atoms with Gasteiger partial charge in [0.2, 0.25) is 0 Å². The maximum atomic E-state index is 11.9. The quantitative estimate of drug-likeness (QED) is 0.456. The highest BCUT2D eigenvalue weighted by atomic mass is 16.5. The molecule has 1 aromatic heterocycles. The van der Waals surface area contributed by atoms with E-state index >= 15 is 0 Å². The number of esters is 1. The Hall–Kier alpha value is -3.53. The van der Waals surface area contributed by atoms with Gasteiger partial charge in [0.15, 0.2) is 0 Å². The van der Waals surface area contributed by atoms with E-state index in [-0.39, 0.29) is 5.97 Å². The lowest BCUT2D eigenvalue weighted by atomic mass is 10.0. The molecule has 0 spiro atoms. The van der Waals surface area contributed by atoms with Gasteiger partial charge in [-0.25, -0.2) is 14.8 Å². The predicted molar refractivity (Wildman–Crippen MR) is 111 cm³/mol. The summed E-state index contributed by atoms with van der Waals surface area (Å²) in [5.41, 5.74) is 7.84. The SMILES string of the molecule is COC(=O)c1ccc2nc(-c3ccc(C)cc3)c(-c3ccc(C)cc3)nc2c1. The number of benzene rings is 3. The van der Waals surface area contributed by atoms with Gasteiger partial charge in [-0.3, -0.25) is 0 Å². The van der Waals surface area contributed by atoms with Crippen LogP contribution in [0.5, 0.6) is 0 Å². The molecule has 28 heavy (non-hydrogen) atoms. The molecule has 138 valence electrons. The Kier molecular flexibility index (Phi) is 4.62. The van der Waals surface area contributed by atoms with Gasteiger partial charge in [0.25, 0.3) is 0 Å². The molecule has 4 rings (SSSR count). The Morgan fingerprint density at radius 2 is 1.21 bits per heavy atom. The zero-order valence-corrected chi connectivity index (χ0v) is 16.1. The minimum absolute atomic E-state index is 0.386. The average molecular weight is 368 g/mol. The summed E-state index contributed by atoms with van der Waals surface area (Å²) < 4.78 is 4.83. The number of methoxy groups -OCH3 is 1. The molecular weight excluding hydrogens is 348 g/mol. The number of fused-ring (bicyclic) bond motifs is 1. The largest absolute Gasteiger partial charge is 0.465 e. The number of aromatic nitrogens is 2. The number of nitrogens with zero attached hydrogens (tertiary/aromatic N) is 2. The minimum Gasteiger partial charge on any atom is -0.465 e. The van der Waals surface area contributed by atoms with Crippen LogP contribution in [0.25, 0.3) is 33.5 Å². The van der Waals surface area contributed by atoms with Gasteiger partial charge in [0.05, 0.1) is 35.1 Å². The second kappa shape index (κ2) is 7.24. The topological polar surface area (TPSA) is 52.1 Å². The molecule has 0 saturated heterocycles. The molecule has 0 fully saturated rings. The molecule has 0 aliphatic heterocycles. The van der Waals surface area contributed by atoms with E-state index < -0.39 is 0 Å². The highest BCUT2D eigenvalue weighted by Crippen LogP contribution is 2.31. The number of rotatable bonds is 3. The second-order valence-corrected chi connectivity index (χ2v) is 6.85. The maximum absolute atomic E-state index is 11.9. The predicted octanol–water partition coefficient (Wildman–Crippen LogP) is 5.37. The Labute approximate surface area is 163 Å². The summed E-state index contributed by atoms with van der Waals surface area (Å²) in [6, 6.07) is 21.7. The minimum atomic E-state index is -0.386. The fraction of sp³-hybridized carbons (Fsp3) is 0.125. The summed E-state index contributed by atoms with van der Waals surface area (Å²) in [6.07, 6.45) is 0. The smallest absolute Gasteiger partial charge is 0.337 e.